The first kappa shape index (κ1) is 20.5. The Morgan fingerprint density at radius 3 is 2.66 bits per heavy atom. The first-order chi connectivity index (χ1) is 15.7. The van der Waals surface area contributed by atoms with E-state index in [1.807, 2.05) is 6.07 Å². The van der Waals surface area contributed by atoms with E-state index >= 15 is 0 Å². The van der Waals surface area contributed by atoms with Gasteiger partial charge in [0, 0.05) is 35.6 Å². The number of aromatic nitrogens is 4. The van der Waals surface area contributed by atoms with Crippen molar-refractivity contribution >= 4 is 23.0 Å². The quantitative estimate of drug-likeness (QED) is 0.421. The molecule has 0 amide bonds. The maximum absolute atomic E-state index is 13.5. The van der Waals surface area contributed by atoms with Crippen molar-refractivity contribution in [1.82, 2.24) is 25.3 Å². The van der Waals surface area contributed by atoms with Crippen LogP contribution in [0.4, 0.5) is 16.0 Å². The third kappa shape index (κ3) is 4.44. The Morgan fingerprint density at radius 2 is 1.88 bits per heavy atom. The lowest BCUT2D eigenvalue weighted by Crippen LogP contribution is -2.26. The number of nitrogens with zero attached hydrogens (tertiary/aromatic N) is 3. The lowest BCUT2D eigenvalue weighted by atomic mass is 9.99. The summed E-state index contributed by atoms with van der Waals surface area (Å²) in [5, 5.41) is 7.54. The zero-order valence-electron chi connectivity index (χ0n) is 17.1. The summed E-state index contributed by atoms with van der Waals surface area (Å²) in [6.07, 6.45) is 5.32. The number of thiazole rings is 1. The SMILES string of the molecule is O=c1cc(Nc2nccc(-c3sc(C4CCNCC4)nc3-c3ccc(F)cc3)n2)cc[nH]1. The molecule has 0 atom stereocenters. The van der Waals surface area contributed by atoms with Gasteiger partial charge in [-0.25, -0.2) is 19.3 Å². The topological polar surface area (TPSA) is 95.6 Å². The number of H-pyrrole nitrogens is 1. The fourth-order valence-electron chi connectivity index (χ4n) is 3.75. The van der Waals surface area contributed by atoms with Gasteiger partial charge in [0.1, 0.15) is 5.82 Å². The van der Waals surface area contributed by atoms with Gasteiger partial charge in [0.05, 0.1) is 21.3 Å². The van der Waals surface area contributed by atoms with Crippen LogP contribution >= 0.6 is 11.3 Å². The van der Waals surface area contributed by atoms with Gasteiger partial charge in [-0.2, -0.15) is 0 Å². The molecule has 4 aromatic rings. The fraction of sp³-hybridized carbons (Fsp3) is 0.217. The van der Waals surface area contributed by atoms with Crippen LogP contribution in [0.25, 0.3) is 21.8 Å². The molecular weight excluding hydrogens is 427 g/mol. The smallest absolute Gasteiger partial charge is 0.249 e. The Balaban J connectivity index is 1.54. The van der Waals surface area contributed by atoms with Gasteiger partial charge in [0.2, 0.25) is 11.5 Å². The van der Waals surface area contributed by atoms with Gasteiger partial charge in [0.15, 0.2) is 0 Å². The third-order valence-corrected chi connectivity index (χ3v) is 6.61. The number of rotatable bonds is 5. The van der Waals surface area contributed by atoms with E-state index in [2.05, 4.69) is 25.6 Å². The number of halogens is 1. The number of nitrogens with one attached hydrogen (secondary N) is 3. The molecule has 1 aliphatic heterocycles. The van der Waals surface area contributed by atoms with E-state index in [1.54, 1.807) is 41.9 Å². The number of anilines is 2. The Morgan fingerprint density at radius 1 is 1.06 bits per heavy atom. The molecule has 3 N–H and O–H groups in total. The van der Waals surface area contributed by atoms with Crippen molar-refractivity contribution in [2.75, 3.05) is 18.4 Å². The monoisotopic (exact) mass is 448 g/mol. The summed E-state index contributed by atoms with van der Waals surface area (Å²) in [4.78, 5) is 29.0. The molecule has 7 nitrogen and oxygen atoms in total. The second kappa shape index (κ2) is 8.97. The third-order valence-electron chi connectivity index (χ3n) is 5.37. The first-order valence-corrected chi connectivity index (χ1v) is 11.2. The number of pyridine rings is 1. The molecule has 0 unspecified atom stereocenters. The molecule has 0 aliphatic carbocycles. The van der Waals surface area contributed by atoms with Crippen LogP contribution in [0.2, 0.25) is 0 Å². The predicted octanol–water partition coefficient (Wildman–Crippen LogP) is 4.31. The second-order valence-corrected chi connectivity index (χ2v) is 8.62. The first-order valence-electron chi connectivity index (χ1n) is 10.4. The zero-order valence-corrected chi connectivity index (χ0v) is 18.0. The minimum absolute atomic E-state index is 0.209. The minimum Gasteiger partial charge on any atom is -0.329 e. The maximum atomic E-state index is 13.5. The number of hydrogen-bond donors (Lipinski definition) is 3. The lowest BCUT2D eigenvalue weighted by molar-refractivity contribution is 0.459. The minimum atomic E-state index is -0.282. The highest BCUT2D eigenvalue weighted by Crippen LogP contribution is 2.40. The van der Waals surface area contributed by atoms with Gasteiger partial charge < -0.3 is 15.6 Å². The van der Waals surface area contributed by atoms with Gasteiger partial charge in [-0.3, -0.25) is 4.79 Å². The van der Waals surface area contributed by atoms with E-state index in [1.165, 1.54) is 18.2 Å². The Kier molecular flexibility index (Phi) is 5.74. The largest absolute Gasteiger partial charge is 0.329 e. The molecule has 0 spiro atoms. The van der Waals surface area contributed by atoms with Crippen molar-refractivity contribution in [3.8, 4) is 21.8 Å². The van der Waals surface area contributed by atoms with E-state index in [-0.39, 0.29) is 11.4 Å². The zero-order chi connectivity index (χ0) is 21.9. The van der Waals surface area contributed by atoms with Crippen LogP contribution in [-0.4, -0.2) is 33.0 Å². The van der Waals surface area contributed by atoms with Crippen molar-refractivity contribution in [2.45, 2.75) is 18.8 Å². The highest BCUT2D eigenvalue weighted by molar-refractivity contribution is 7.15. The van der Waals surface area contributed by atoms with Crippen LogP contribution in [0.15, 0.2) is 59.7 Å². The lowest BCUT2D eigenvalue weighted by Gasteiger charge is -2.20. The molecule has 4 heterocycles. The summed E-state index contributed by atoms with van der Waals surface area (Å²) in [6.45, 7) is 1.95. The average molecular weight is 449 g/mol. The van der Waals surface area contributed by atoms with Crippen LogP contribution in [0.3, 0.4) is 0 Å². The van der Waals surface area contributed by atoms with Gasteiger partial charge in [-0.05, 0) is 62.3 Å². The number of hydrogen-bond acceptors (Lipinski definition) is 7. The summed E-state index contributed by atoms with van der Waals surface area (Å²) in [7, 11) is 0. The molecule has 1 aliphatic rings. The van der Waals surface area contributed by atoms with Gasteiger partial charge in [-0.1, -0.05) is 0 Å². The summed E-state index contributed by atoms with van der Waals surface area (Å²) in [5.41, 5.74) is 2.76. The standard InChI is InChI=1S/C23H21FN6OS/c24-16-3-1-14(2-4-16)20-21(32-22(30-20)15-5-9-25-10-6-15)18-8-12-27-23(29-18)28-17-7-11-26-19(31)13-17/h1-4,7-8,11-13,15,25H,5-6,9-10H2,(H2,26,27,28,29,31). The number of piperidine rings is 1. The molecule has 1 fully saturated rings. The molecule has 3 aromatic heterocycles. The average Bonchev–Trinajstić information content (AvgIpc) is 3.26. The fourth-order valence-corrected chi connectivity index (χ4v) is 4.98. The molecule has 0 radical (unpaired) electrons. The van der Waals surface area contributed by atoms with E-state index in [0.29, 0.717) is 17.6 Å². The Hall–Kier alpha value is -3.43. The van der Waals surface area contributed by atoms with Crippen LogP contribution in [0.5, 0.6) is 0 Å². The highest BCUT2D eigenvalue weighted by Gasteiger charge is 2.23. The molecule has 9 heteroatoms. The summed E-state index contributed by atoms with van der Waals surface area (Å²) in [6, 6.07) is 11.4. The van der Waals surface area contributed by atoms with E-state index in [4.69, 9.17) is 4.98 Å². The van der Waals surface area contributed by atoms with E-state index < -0.39 is 0 Å². The molecule has 32 heavy (non-hydrogen) atoms. The van der Waals surface area contributed by atoms with Crippen molar-refractivity contribution in [1.29, 1.82) is 0 Å². The maximum Gasteiger partial charge on any atom is 0.249 e. The van der Waals surface area contributed by atoms with Gasteiger partial charge >= 0.3 is 0 Å². The van der Waals surface area contributed by atoms with Crippen LogP contribution in [0, 0.1) is 5.82 Å². The van der Waals surface area contributed by atoms with Gasteiger partial charge in [-0.15, -0.1) is 11.3 Å². The van der Waals surface area contributed by atoms with E-state index in [9.17, 15) is 9.18 Å². The van der Waals surface area contributed by atoms with Crippen molar-refractivity contribution in [2.24, 2.45) is 0 Å². The number of aromatic amines is 1. The summed E-state index contributed by atoms with van der Waals surface area (Å²) in [5.74, 6) is 0.495. The van der Waals surface area contributed by atoms with Crippen LogP contribution < -0.4 is 16.2 Å². The summed E-state index contributed by atoms with van der Waals surface area (Å²) >= 11 is 1.63. The molecule has 162 valence electrons. The predicted molar refractivity (Wildman–Crippen MR) is 124 cm³/mol. The van der Waals surface area contributed by atoms with E-state index in [0.717, 1.165) is 52.8 Å². The second-order valence-electron chi connectivity index (χ2n) is 7.59. The van der Waals surface area contributed by atoms with Crippen molar-refractivity contribution in [3.63, 3.8) is 0 Å². The van der Waals surface area contributed by atoms with Crippen molar-refractivity contribution < 1.29 is 4.39 Å². The highest BCUT2D eigenvalue weighted by atomic mass is 32.1. The summed E-state index contributed by atoms with van der Waals surface area (Å²) < 4.78 is 13.5. The molecule has 0 bridgehead atoms. The molecule has 5 rings (SSSR count). The van der Waals surface area contributed by atoms with Gasteiger partial charge in [0.25, 0.3) is 0 Å². The van der Waals surface area contributed by atoms with Crippen molar-refractivity contribution in [3.05, 3.63) is 76.0 Å². The number of benzene rings is 1. The normalized spacial score (nSPS) is 14.4. The Labute approximate surface area is 187 Å². The van der Waals surface area contributed by atoms with Crippen LogP contribution in [-0.2, 0) is 0 Å². The Bertz CT molecular complexity index is 1280. The molecule has 0 saturated carbocycles. The molecule has 1 aromatic carbocycles. The van der Waals surface area contributed by atoms with Crippen LogP contribution in [0.1, 0.15) is 23.8 Å². The molecule has 1 saturated heterocycles. The molecular formula is C23H21FN6OS.